The van der Waals surface area contributed by atoms with Gasteiger partial charge in [-0.05, 0) is 33.0 Å². The van der Waals surface area contributed by atoms with Crippen LogP contribution in [0.2, 0.25) is 0 Å². The largest absolute Gasteiger partial charge is 0.383 e. The van der Waals surface area contributed by atoms with Crippen LogP contribution in [0.3, 0.4) is 0 Å². The van der Waals surface area contributed by atoms with Gasteiger partial charge in [0.25, 0.3) is 0 Å². The predicted molar refractivity (Wildman–Crippen MR) is 95.7 cm³/mol. The van der Waals surface area contributed by atoms with Crippen molar-refractivity contribution in [3.63, 3.8) is 0 Å². The Morgan fingerprint density at radius 2 is 2.09 bits per heavy atom. The van der Waals surface area contributed by atoms with Crippen LogP contribution < -0.4 is 11.1 Å². The highest BCUT2D eigenvalue weighted by Gasteiger charge is 2.21. The molecule has 1 unspecified atom stereocenters. The first-order chi connectivity index (χ1) is 11.1. The Labute approximate surface area is 135 Å². The molecule has 3 N–H and O–H groups in total. The second kappa shape index (κ2) is 5.35. The second-order valence-electron chi connectivity index (χ2n) is 6.43. The van der Waals surface area contributed by atoms with E-state index in [4.69, 9.17) is 5.73 Å². The Morgan fingerprint density at radius 3 is 2.87 bits per heavy atom. The number of nitrogen functional groups attached to an aromatic ring is 1. The topological polar surface area (TPSA) is 67.1 Å². The average molecular weight is 307 g/mol. The summed E-state index contributed by atoms with van der Waals surface area (Å²) >= 11 is 0. The van der Waals surface area contributed by atoms with Crippen molar-refractivity contribution in [3.05, 3.63) is 36.0 Å². The molecule has 0 bridgehead atoms. The van der Waals surface area contributed by atoms with Crippen LogP contribution in [0.15, 0.2) is 30.5 Å². The molecule has 23 heavy (non-hydrogen) atoms. The number of nitrogens with two attached hydrogens (primary N) is 1. The molecule has 1 aliphatic heterocycles. The molecule has 1 aliphatic rings. The van der Waals surface area contributed by atoms with Crippen LogP contribution >= 0.6 is 0 Å². The first-order valence-corrected chi connectivity index (χ1v) is 8.02. The molecule has 5 heteroatoms. The number of likely N-dealkylation sites (N-methyl/N-ethyl adjacent to an activating group) is 1. The van der Waals surface area contributed by atoms with Gasteiger partial charge in [-0.1, -0.05) is 18.2 Å². The Balaban J connectivity index is 1.89. The van der Waals surface area contributed by atoms with Gasteiger partial charge in [0.15, 0.2) is 0 Å². The summed E-state index contributed by atoms with van der Waals surface area (Å²) in [5.41, 5.74) is 8.34. The minimum Gasteiger partial charge on any atom is -0.383 e. The van der Waals surface area contributed by atoms with Gasteiger partial charge in [-0.25, -0.2) is 4.98 Å². The van der Waals surface area contributed by atoms with Crippen LogP contribution in [0.1, 0.15) is 12.0 Å². The van der Waals surface area contributed by atoms with E-state index in [-0.39, 0.29) is 0 Å². The van der Waals surface area contributed by atoms with Crippen molar-refractivity contribution >= 4 is 33.3 Å². The lowest BCUT2D eigenvalue weighted by atomic mass is 10.0. The number of hydrogen-bond donors (Lipinski definition) is 2. The maximum Gasteiger partial charge on any atom is 0.135 e. The van der Waals surface area contributed by atoms with Crippen molar-refractivity contribution < 1.29 is 0 Å². The highest BCUT2D eigenvalue weighted by molar-refractivity contribution is 6.11. The first kappa shape index (κ1) is 14.2. The average Bonchev–Trinajstić information content (AvgIpc) is 2.96. The highest BCUT2D eigenvalue weighted by Crippen LogP contribution is 2.33. The number of fused-ring (bicyclic) bond motifs is 3. The summed E-state index contributed by atoms with van der Waals surface area (Å²) in [6, 6.07) is 8.61. The molecule has 0 spiro atoms. The molecule has 1 saturated heterocycles. The van der Waals surface area contributed by atoms with Crippen molar-refractivity contribution in [2.24, 2.45) is 0 Å². The fourth-order valence-electron chi connectivity index (χ4n) is 3.51. The quantitative estimate of drug-likeness (QED) is 0.713. The number of anilines is 2. The number of aromatic nitrogens is 2. The van der Waals surface area contributed by atoms with E-state index >= 15 is 0 Å². The normalized spacial score (nSPS) is 18.8. The van der Waals surface area contributed by atoms with Gasteiger partial charge in [0.05, 0.1) is 5.52 Å². The molecule has 4 rings (SSSR count). The Bertz CT molecular complexity index is 889. The molecule has 3 heterocycles. The van der Waals surface area contributed by atoms with E-state index in [1.54, 1.807) is 0 Å². The van der Waals surface area contributed by atoms with Crippen LogP contribution in [-0.2, 0) is 0 Å². The van der Waals surface area contributed by atoms with Crippen LogP contribution in [0.4, 0.5) is 11.6 Å². The second-order valence-corrected chi connectivity index (χ2v) is 6.43. The Morgan fingerprint density at radius 1 is 1.26 bits per heavy atom. The van der Waals surface area contributed by atoms with Gasteiger partial charge in [-0.15, -0.1) is 0 Å². The fraction of sp³-hybridized carbons (Fsp3) is 0.333. The molecular formula is C18H21N5. The molecule has 0 amide bonds. The number of para-hydroxylation sites is 1. The molecule has 3 aromatic rings. The van der Waals surface area contributed by atoms with E-state index in [1.807, 2.05) is 24.4 Å². The van der Waals surface area contributed by atoms with Gasteiger partial charge in [0.1, 0.15) is 11.6 Å². The molecule has 0 radical (unpaired) electrons. The lowest BCUT2D eigenvalue weighted by Crippen LogP contribution is -2.24. The van der Waals surface area contributed by atoms with Gasteiger partial charge >= 0.3 is 0 Å². The molecule has 0 aliphatic carbocycles. The molecule has 0 saturated carbocycles. The fourth-order valence-corrected chi connectivity index (χ4v) is 3.51. The van der Waals surface area contributed by atoms with Gasteiger partial charge in [0.2, 0.25) is 0 Å². The molecule has 1 atom stereocenters. The smallest absolute Gasteiger partial charge is 0.135 e. The maximum atomic E-state index is 6.22. The zero-order chi connectivity index (χ0) is 16.0. The van der Waals surface area contributed by atoms with E-state index in [2.05, 4.69) is 40.2 Å². The minimum atomic E-state index is 0.427. The van der Waals surface area contributed by atoms with Crippen LogP contribution in [0.25, 0.3) is 21.7 Å². The number of likely N-dealkylation sites (tertiary alicyclic amines) is 1. The van der Waals surface area contributed by atoms with Crippen molar-refractivity contribution in [1.82, 2.24) is 14.9 Å². The maximum absolute atomic E-state index is 6.22. The van der Waals surface area contributed by atoms with Crippen molar-refractivity contribution in [2.75, 3.05) is 31.2 Å². The number of pyridine rings is 2. The minimum absolute atomic E-state index is 0.427. The standard InChI is InChI=1S/C18H21N5/c1-11-16-13-5-3-4-6-15(13)20-9-14(16)17(19)22-18(11)21-12-7-8-23(2)10-12/h3-6,9,12H,7-8,10H2,1-2H3,(H3,19,21,22). The van der Waals surface area contributed by atoms with Gasteiger partial charge in [-0.2, -0.15) is 0 Å². The summed E-state index contributed by atoms with van der Waals surface area (Å²) in [7, 11) is 2.15. The lowest BCUT2D eigenvalue weighted by molar-refractivity contribution is 0.414. The van der Waals surface area contributed by atoms with E-state index in [9.17, 15) is 0 Å². The third-order valence-electron chi connectivity index (χ3n) is 4.75. The van der Waals surface area contributed by atoms with E-state index in [1.165, 1.54) is 0 Å². The highest BCUT2D eigenvalue weighted by atomic mass is 15.2. The SMILES string of the molecule is Cc1c(NC2CCN(C)C2)nc(N)c2cnc3ccccc3c12. The zero-order valence-corrected chi connectivity index (χ0v) is 13.5. The molecule has 5 nitrogen and oxygen atoms in total. The number of nitrogens with zero attached hydrogens (tertiary/aromatic N) is 3. The van der Waals surface area contributed by atoms with Crippen molar-refractivity contribution in [3.8, 4) is 0 Å². The predicted octanol–water partition coefficient (Wildman–Crippen LogP) is 2.79. The summed E-state index contributed by atoms with van der Waals surface area (Å²) in [5.74, 6) is 1.43. The van der Waals surface area contributed by atoms with Crippen molar-refractivity contribution in [1.29, 1.82) is 0 Å². The van der Waals surface area contributed by atoms with Crippen LogP contribution in [0, 0.1) is 6.92 Å². The summed E-state index contributed by atoms with van der Waals surface area (Å²) < 4.78 is 0. The zero-order valence-electron chi connectivity index (χ0n) is 13.5. The van der Waals surface area contributed by atoms with Crippen LogP contribution in [-0.4, -0.2) is 41.0 Å². The summed E-state index contributed by atoms with van der Waals surface area (Å²) in [5, 5.41) is 6.79. The Hall–Kier alpha value is -2.40. The molecule has 1 fully saturated rings. The van der Waals surface area contributed by atoms with Gasteiger partial charge in [-0.3, -0.25) is 4.98 Å². The summed E-state index contributed by atoms with van der Waals surface area (Å²) in [6.07, 6.45) is 2.97. The van der Waals surface area contributed by atoms with E-state index in [0.29, 0.717) is 11.9 Å². The van der Waals surface area contributed by atoms with Gasteiger partial charge in [0, 0.05) is 40.5 Å². The first-order valence-electron chi connectivity index (χ1n) is 8.02. The van der Waals surface area contributed by atoms with Gasteiger partial charge < -0.3 is 16.0 Å². The number of benzene rings is 1. The van der Waals surface area contributed by atoms with E-state index in [0.717, 1.165) is 52.6 Å². The number of hydrogen-bond acceptors (Lipinski definition) is 5. The number of aryl methyl sites for hydroxylation is 1. The lowest BCUT2D eigenvalue weighted by Gasteiger charge is -2.18. The third-order valence-corrected chi connectivity index (χ3v) is 4.75. The van der Waals surface area contributed by atoms with Crippen molar-refractivity contribution in [2.45, 2.75) is 19.4 Å². The Kier molecular flexibility index (Phi) is 3.31. The van der Waals surface area contributed by atoms with E-state index < -0.39 is 0 Å². The molecule has 2 aromatic heterocycles. The number of nitrogens with one attached hydrogen (secondary N) is 1. The molecular weight excluding hydrogens is 286 g/mol. The summed E-state index contributed by atoms with van der Waals surface area (Å²) in [4.78, 5) is 11.4. The number of rotatable bonds is 2. The summed E-state index contributed by atoms with van der Waals surface area (Å²) in [6.45, 7) is 4.27. The monoisotopic (exact) mass is 307 g/mol. The third kappa shape index (κ3) is 2.37. The van der Waals surface area contributed by atoms with Crippen LogP contribution in [0.5, 0.6) is 0 Å². The molecule has 118 valence electrons. The molecule has 1 aromatic carbocycles.